The number of carbonyl (C=O) groups excluding carboxylic acids is 4. The largest absolute Gasteiger partial charge is 0.381 e. The van der Waals surface area contributed by atoms with Crippen LogP contribution in [0, 0.1) is 25.7 Å². The van der Waals surface area contributed by atoms with Crippen LogP contribution in [0.1, 0.15) is 90.7 Å². The lowest BCUT2D eigenvalue weighted by Crippen LogP contribution is -2.44. The fraction of sp³-hybridized carbons (Fsp3) is 0.600. The highest BCUT2D eigenvalue weighted by atomic mass is 16.5. The highest BCUT2D eigenvalue weighted by molar-refractivity contribution is 5.90. The predicted octanol–water partition coefficient (Wildman–Crippen LogP) is 5.73. The lowest BCUT2D eigenvalue weighted by molar-refractivity contribution is -0.139. The van der Waals surface area contributed by atoms with Gasteiger partial charge in [-0.1, -0.05) is 27.7 Å². The smallest absolute Gasteiger partial charge is 0.222 e. The highest BCUT2D eigenvalue weighted by Crippen LogP contribution is 2.20. The van der Waals surface area contributed by atoms with Crippen LogP contribution in [0.4, 0.5) is 0 Å². The second kappa shape index (κ2) is 19.5. The first kappa shape index (κ1) is 41.2. The average Bonchev–Trinajstić information content (AvgIpc) is 3.62. The second-order valence-corrected chi connectivity index (χ2v) is 14.9. The zero-order valence-corrected chi connectivity index (χ0v) is 32.9. The average molecular weight is 731 g/mol. The molecule has 2 amide bonds. The minimum absolute atomic E-state index is 0.0524. The van der Waals surface area contributed by atoms with Gasteiger partial charge >= 0.3 is 0 Å². The van der Waals surface area contributed by atoms with Crippen LogP contribution in [-0.2, 0) is 37.0 Å². The Bertz CT molecular complexity index is 1710. The molecule has 53 heavy (non-hydrogen) atoms. The first-order chi connectivity index (χ1) is 25.3. The van der Waals surface area contributed by atoms with Crippen LogP contribution >= 0.6 is 0 Å². The molecule has 288 valence electrons. The molecule has 0 aromatic carbocycles. The Kier molecular flexibility index (Phi) is 15.2. The van der Waals surface area contributed by atoms with Crippen molar-refractivity contribution in [2.45, 2.75) is 118 Å². The van der Waals surface area contributed by atoms with E-state index in [4.69, 9.17) is 4.74 Å². The molecule has 0 radical (unpaired) electrons. The molecule has 4 aromatic rings. The van der Waals surface area contributed by atoms with Crippen molar-refractivity contribution in [2.75, 3.05) is 27.3 Å². The summed E-state index contributed by atoms with van der Waals surface area (Å²) in [6.45, 7) is 13.7. The van der Waals surface area contributed by atoms with Crippen LogP contribution in [0.5, 0.6) is 0 Å². The van der Waals surface area contributed by atoms with Gasteiger partial charge in [0.1, 0.15) is 22.7 Å². The lowest BCUT2D eigenvalue weighted by atomic mass is 9.97. The molecule has 0 saturated heterocycles. The van der Waals surface area contributed by atoms with E-state index in [-0.39, 0.29) is 61.3 Å². The van der Waals surface area contributed by atoms with E-state index in [0.717, 1.165) is 33.7 Å². The molecule has 0 N–H and O–H groups in total. The van der Waals surface area contributed by atoms with Gasteiger partial charge in [0.2, 0.25) is 11.8 Å². The lowest BCUT2D eigenvalue weighted by Gasteiger charge is -2.29. The molecule has 0 bridgehead atoms. The fourth-order valence-electron chi connectivity index (χ4n) is 6.93. The summed E-state index contributed by atoms with van der Waals surface area (Å²) < 4.78 is 9.98. The van der Waals surface area contributed by atoms with Crippen molar-refractivity contribution in [3.8, 4) is 0 Å². The highest BCUT2D eigenvalue weighted by Gasteiger charge is 2.29. The SMILES string of the molecule is Cc1nc2cnccc2n1CCCC(=O)N(C)[C@@H](CC(C)C)C(=O)CCOCCC(=O)[C@H](CC(C)C)N(C)C(=O)CCCn1c(C)nc2cnccc21. The van der Waals surface area contributed by atoms with E-state index in [9.17, 15) is 19.2 Å². The number of hydrogen-bond acceptors (Lipinski definition) is 9. The first-order valence-corrected chi connectivity index (χ1v) is 19.0. The van der Waals surface area contributed by atoms with Gasteiger partial charge in [-0.15, -0.1) is 0 Å². The molecule has 0 aliphatic heterocycles. The predicted molar refractivity (Wildman–Crippen MR) is 205 cm³/mol. The Labute approximate surface area is 313 Å². The molecule has 0 aliphatic rings. The van der Waals surface area contributed by atoms with Gasteiger partial charge in [0.05, 0.1) is 48.7 Å². The van der Waals surface area contributed by atoms with Gasteiger partial charge in [0.25, 0.3) is 0 Å². The van der Waals surface area contributed by atoms with E-state index < -0.39 is 12.1 Å². The zero-order chi connectivity index (χ0) is 38.7. The maximum Gasteiger partial charge on any atom is 0.222 e. The maximum atomic E-state index is 13.4. The molecule has 0 saturated carbocycles. The number of nitrogens with zero attached hydrogens (tertiary/aromatic N) is 8. The number of likely N-dealkylation sites (N-methyl/N-ethyl adjacent to an activating group) is 2. The normalized spacial score (nSPS) is 12.9. The number of Topliss-reactive ketones (excluding diaryl/α,β-unsaturated/α-hetero) is 2. The van der Waals surface area contributed by atoms with Gasteiger partial charge in [-0.2, -0.15) is 0 Å². The zero-order valence-electron chi connectivity index (χ0n) is 32.9. The summed E-state index contributed by atoms with van der Waals surface area (Å²) >= 11 is 0. The monoisotopic (exact) mass is 730 g/mol. The molecule has 4 heterocycles. The Hall–Kier alpha value is -4.52. The summed E-state index contributed by atoms with van der Waals surface area (Å²) in [5.74, 6) is 1.94. The third-order valence-corrected chi connectivity index (χ3v) is 9.87. The molecule has 0 aliphatic carbocycles. The number of pyridine rings is 2. The number of fused-ring (bicyclic) bond motifs is 2. The van der Waals surface area contributed by atoms with E-state index in [1.54, 1.807) is 48.7 Å². The van der Waals surface area contributed by atoms with Crippen LogP contribution in [0.15, 0.2) is 36.9 Å². The summed E-state index contributed by atoms with van der Waals surface area (Å²) in [7, 11) is 3.42. The van der Waals surface area contributed by atoms with Gasteiger partial charge in [-0.25, -0.2) is 9.97 Å². The maximum absolute atomic E-state index is 13.4. The minimum atomic E-state index is -0.543. The quantitative estimate of drug-likeness (QED) is 0.0925. The Morgan fingerprint density at radius 2 is 1.06 bits per heavy atom. The Morgan fingerprint density at radius 1 is 0.660 bits per heavy atom. The number of imidazole rings is 2. The van der Waals surface area contributed by atoms with Gasteiger partial charge < -0.3 is 23.7 Å². The molecule has 13 nitrogen and oxygen atoms in total. The van der Waals surface area contributed by atoms with Crippen LogP contribution in [0.2, 0.25) is 0 Å². The second-order valence-electron chi connectivity index (χ2n) is 14.9. The topological polar surface area (TPSA) is 145 Å². The molecule has 4 rings (SSSR count). The molecule has 4 aromatic heterocycles. The molecule has 0 spiro atoms. The van der Waals surface area contributed by atoms with E-state index >= 15 is 0 Å². The number of aromatic nitrogens is 6. The van der Waals surface area contributed by atoms with E-state index in [2.05, 4.69) is 29.1 Å². The number of hydrogen-bond donors (Lipinski definition) is 0. The van der Waals surface area contributed by atoms with Crippen molar-refractivity contribution in [3.63, 3.8) is 0 Å². The molecule has 0 unspecified atom stereocenters. The van der Waals surface area contributed by atoms with E-state index in [1.165, 1.54) is 0 Å². The molecular formula is C40H58N8O5. The van der Waals surface area contributed by atoms with Crippen molar-refractivity contribution in [1.82, 2.24) is 38.9 Å². The molecular weight excluding hydrogens is 672 g/mol. The van der Waals surface area contributed by atoms with Crippen LogP contribution in [-0.4, -0.2) is 102 Å². The number of aryl methyl sites for hydroxylation is 4. The summed E-state index contributed by atoms with van der Waals surface area (Å²) in [5, 5.41) is 0. The third kappa shape index (κ3) is 11.2. The fourth-order valence-corrected chi connectivity index (χ4v) is 6.93. The van der Waals surface area contributed by atoms with Crippen molar-refractivity contribution >= 4 is 45.4 Å². The summed E-state index contributed by atoms with van der Waals surface area (Å²) in [6, 6.07) is 2.77. The number of ketones is 2. The number of amides is 2. The minimum Gasteiger partial charge on any atom is -0.381 e. The summed E-state index contributed by atoms with van der Waals surface area (Å²) in [5.41, 5.74) is 3.64. The molecule has 0 fully saturated rings. The van der Waals surface area contributed by atoms with Crippen molar-refractivity contribution < 1.29 is 23.9 Å². The molecule has 2 atom stereocenters. The number of rotatable bonds is 22. The number of carbonyl (C=O) groups is 4. The number of ether oxygens (including phenoxy) is 1. The van der Waals surface area contributed by atoms with Crippen molar-refractivity contribution in [3.05, 3.63) is 48.6 Å². The standard InChI is InChI=1S/C40H58N8O5/c1-27(2)23-35(45(7)39(51)11-9-19-47-29(5)43-31-25-41-17-13-33(31)47)37(49)15-21-53-22-16-38(50)36(24-28(3)4)46(8)40(52)12-10-20-48-30(6)44-32-26-42-18-14-34(32)48/h13-14,17-18,25-28,35-36H,9-12,15-16,19-24H2,1-8H3/t35-,36-/m0/s1. The molecule has 13 heteroatoms. The van der Waals surface area contributed by atoms with Gasteiger partial charge in [-0.05, 0) is 63.5 Å². The van der Waals surface area contributed by atoms with Crippen molar-refractivity contribution in [2.24, 2.45) is 11.8 Å². The summed E-state index contributed by atoms with van der Waals surface area (Å²) in [4.78, 5) is 73.9. The van der Waals surface area contributed by atoms with Gasteiger partial charge in [0.15, 0.2) is 11.6 Å². The third-order valence-electron chi connectivity index (χ3n) is 9.87. The van der Waals surface area contributed by atoms with Crippen LogP contribution in [0.25, 0.3) is 22.1 Å². The summed E-state index contributed by atoms with van der Waals surface area (Å²) in [6.07, 6.45) is 10.2. The first-order valence-electron chi connectivity index (χ1n) is 19.0. The van der Waals surface area contributed by atoms with Crippen LogP contribution < -0.4 is 0 Å². The van der Waals surface area contributed by atoms with E-state index in [0.29, 0.717) is 51.6 Å². The Morgan fingerprint density at radius 3 is 1.43 bits per heavy atom. The van der Waals surface area contributed by atoms with Gasteiger partial charge in [0, 0.05) is 65.3 Å². The van der Waals surface area contributed by atoms with Crippen LogP contribution in [0.3, 0.4) is 0 Å². The Balaban J connectivity index is 1.22. The van der Waals surface area contributed by atoms with Gasteiger partial charge in [-0.3, -0.25) is 29.1 Å². The van der Waals surface area contributed by atoms with Crippen molar-refractivity contribution in [1.29, 1.82) is 0 Å². The van der Waals surface area contributed by atoms with E-state index in [1.807, 2.05) is 53.7 Å².